The molecular formula is C25H39N5O9. The van der Waals surface area contributed by atoms with Crippen molar-refractivity contribution in [3.8, 4) is 0 Å². The highest BCUT2D eigenvalue weighted by Crippen LogP contribution is 2.15. The molecule has 2 unspecified atom stereocenters. The zero-order chi connectivity index (χ0) is 29.8. The highest BCUT2D eigenvalue weighted by atomic mass is 16.6. The predicted molar refractivity (Wildman–Crippen MR) is 139 cm³/mol. The Labute approximate surface area is 227 Å². The molecule has 2 amide bonds. The number of alkyl carbamates (subject to hydrolysis) is 1. The van der Waals surface area contributed by atoms with E-state index in [9.17, 15) is 34.1 Å². The normalized spacial score (nSPS) is 12.7. The van der Waals surface area contributed by atoms with Gasteiger partial charge in [0.1, 0.15) is 23.6 Å². The van der Waals surface area contributed by atoms with E-state index in [4.69, 9.17) is 9.47 Å². The van der Waals surface area contributed by atoms with Crippen LogP contribution in [-0.2, 0) is 35.2 Å². The number of carbonyl (C=O) groups is 5. The third-order valence-corrected chi connectivity index (χ3v) is 5.35. The molecule has 0 aliphatic heterocycles. The number of ether oxygens (including phenoxy) is 2. The Bertz CT molecular complexity index is 1050. The van der Waals surface area contributed by atoms with Crippen molar-refractivity contribution < 1.29 is 38.4 Å². The minimum atomic E-state index is -1.31. The van der Waals surface area contributed by atoms with Crippen LogP contribution in [0.25, 0.3) is 0 Å². The molecule has 218 valence electrons. The Balaban J connectivity index is 2.95. The minimum absolute atomic E-state index is 0.115. The first kappa shape index (κ1) is 33.2. The van der Waals surface area contributed by atoms with Crippen molar-refractivity contribution in [3.05, 3.63) is 22.1 Å². The average molecular weight is 554 g/mol. The molecule has 14 nitrogen and oxygen atoms in total. The van der Waals surface area contributed by atoms with Gasteiger partial charge in [-0.05, 0) is 45.5 Å². The van der Waals surface area contributed by atoms with E-state index in [1.165, 1.54) is 11.5 Å². The van der Waals surface area contributed by atoms with Crippen molar-refractivity contribution in [2.45, 2.75) is 104 Å². The minimum Gasteiger partial charge on any atom is -0.464 e. The summed E-state index contributed by atoms with van der Waals surface area (Å²) in [4.78, 5) is 76.8. The van der Waals surface area contributed by atoms with E-state index in [0.29, 0.717) is 12.2 Å². The fraction of sp³-hybridized carbons (Fsp3) is 0.680. The number of nitrogens with zero attached hydrogens (tertiary/aromatic N) is 3. The van der Waals surface area contributed by atoms with Gasteiger partial charge in [-0.2, -0.15) is 0 Å². The van der Waals surface area contributed by atoms with E-state index in [1.807, 2.05) is 6.92 Å². The van der Waals surface area contributed by atoms with Gasteiger partial charge >= 0.3 is 17.9 Å². The molecule has 0 saturated carbocycles. The number of imidazole rings is 1. The standard InChI is InChI=1S/C25H39N5O9/c1-7-8-12-38-23(34)19(13-16(2)31)27-21(33)14-18(28-24(35)39-25(4,5)6)20(32)10-9-11-29-17(3)26-15-22(29)30(36)37/h15,18-19H,7-14H2,1-6H3,(H,27,33)(H,28,35). The summed E-state index contributed by atoms with van der Waals surface area (Å²) in [6, 6.07) is -2.55. The Morgan fingerprint density at radius 1 is 1.10 bits per heavy atom. The van der Waals surface area contributed by atoms with Crippen molar-refractivity contribution in [2.75, 3.05) is 6.61 Å². The average Bonchev–Trinajstić information content (AvgIpc) is 3.17. The number of rotatable bonds is 16. The van der Waals surface area contributed by atoms with E-state index < -0.39 is 52.8 Å². The fourth-order valence-corrected chi connectivity index (χ4v) is 3.50. The molecule has 0 radical (unpaired) electrons. The van der Waals surface area contributed by atoms with Crippen LogP contribution in [0, 0.1) is 17.0 Å². The molecule has 39 heavy (non-hydrogen) atoms. The number of aromatic nitrogens is 2. The van der Waals surface area contributed by atoms with Gasteiger partial charge in [-0.25, -0.2) is 19.1 Å². The lowest BCUT2D eigenvalue weighted by molar-refractivity contribution is -0.392. The number of nitrogens with one attached hydrogen (secondary N) is 2. The van der Waals surface area contributed by atoms with E-state index >= 15 is 0 Å². The molecular weight excluding hydrogens is 514 g/mol. The fourth-order valence-electron chi connectivity index (χ4n) is 3.50. The van der Waals surface area contributed by atoms with Crippen molar-refractivity contribution in [1.29, 1.82) is 0 Å². The number of carbonyl (C=O) groups excluding carboxylic acids is 5. The number of Topliss-reactive ketones (excluding diaryl/α,β-unsaturated/α-hetero) is 2. The zero-order valence-electron chi connectivity index (χ0n) is 23.4. The number of unbranched alkanes of at least 4 members (excludes halogenated alkanes) is 1. The van der Waals surface area contributed by atoms with E-state index in [0.717, 1.165) is 12.6 Å². The summed E-state index contributed by atoms with van der Waals surface area (Å²) in [5.41, 5.74) is -0.868. The Hall–Kier alpha value is -3.84. The summed E-state index contributed by atoms with van der Waals surface area (Å²) >= 11 is 0. The summed E-state index contributed by atoms with van der Waals surface area (Å²) in [5, 5.41) is 16.0. The molecule has 1 rings (SSSR count). The first-order chi connectivity index (χ1) is 18.1. The van der Waals surface area contributed by atoms with Gasteiger partial charge in [0.2, 0.25) is 5.91 Å². The van der Waals surface area contributed by atoms with Gasteiger partial charge in [-0.3, -0.25) is 14.4 Å². The number of esters is 1. The number of ketones is 2. The van der Waals surface area contributed by atoms with Crippen LogP contribution >= 0.6 is 0 Å². The second-order valence-electron chi connectivity index (χ2n) is 10.1. The summed E-state index contributed by atoms with van der Waals surface area (Å²) in [6.07, 6.45) is 0.819. The molecule has 0 spiro atoms. The number of aryl methyl sites for hydroxylation is 1. The number of nitro groups is 1. The smallest absolute Gasteiger partial charge is 0.408 e. The first-order valence-electron chi connectivity index (χ1n) is 12.8. The van der Waals surface area contributed by atoms with Gasteiger partial charge in [0.05, 0.1) is 25.6 Å². The number of hydrogen-bond acceptors (Lipinski definition) is 10. The quantitative estimate of drug-likeness (QED) is 0.133. The van der Waals surface area contributed by atoms with Crippen molar-refractivity contribution in [2.24, 2.45) is 0 Å². The first-order valence-corrected chi connectivity index (χ1v) is 12.8. The third kappa shape index (κ3) is 12.5. The second kappa shape index (κ2) is 15.5. The zero-order valence-corrected chi connectivity index (χ0v) is 23.4. The summed E-state index contributed by atoms with van der Waals surface area (Å²) in [5.74, 6) is -2.22. The Morgan fingerprint density at radius 3 is 2.33 bits per heavy atom. The van der Waals surface area contributed by atoms with Gasteiger partial charge in [-0.15, -0.1) is 0 Å². The highest BCUT2D eigenvalue weighted by molar-refractivity contribution is 5.94. The lowest BCUT2D eigenvalue weighted by Crippen LogP contribution is -2.49. The van der Waals surface area contributed by atoms with Gasteiger partial charge in [0.15, 0.2) is 11.6 Å². The molecule has 14 heteroatoms. The second-order valence-corrected chi connectivity index (χ2v) is 10.1. The van der Waals surface area contributed by atoms with Crippen molar-refractivity contribution >= 4 is 35.4 Å². The van der Waals surface area contributed by atoms with Crippen LogP contribution in [0.5, 0.6) is 0 Å². The van der Waals surface area contributed by atoms with E-state index in [1.54, 1.807) is 27.7 Å². The SMILES string of the molecule is CCCCOC(=O)C(CC(C)=O)NC(=O)CC(NC(=O)OC(C)(C)C)C(=O)CCCn1c([N+](=O)[O-])cnc1C. The molecule has 1 heterocycles. The molecule has 1 aromatic heterocycles. The maximum absolute atomic E-state index is 13.0. The molecule has 1 aromatic rings. The summed E-state index contributed by atoms with van der Waals surface area (Å²) in [7, 11) is 0. The molecule has 0 saturated heterocycles. The summed E-state index contributed by atoms with van der Waals surface area (Å²) in [6.45, 7) is 9.92. The van der Waals surface area contributed by atoms with Gasteiger partial charge in [0.25, 0.3) is 0 Å². The topological polar surface area (TPSA) is 189 Å². The highest BCUT2D eigenvalue weighted by Gasteiger charge is 2.30. The van der Waals surface area contributed by atoms with Gasteiger partial charge in [0, 0.05) is 19.8 Å². The van der Waals surface area contributed by atoms with Crippen LogP contribution in [0.3, 0.4) is 0 Å². The molecule has 2 N–H and O–H groups in total. The maximum atomic E-state index is 13.0. The summed E-state index contributed by atoms with van der Waals surface area (Å²) < 4.78 is 11.7. The lowest BCUT2D eigenvalue weighted by atomic mass is 10.0. The van der Waals surface area contributed by atoms with Crippen LogP contribution < -0.4 is 10.6 Å². The van der Waals surface area contributed by atoms with E-state index in [-0.39, 0.29) is 44.0 Å². The van der Waals surface area contributed by atoms with Crippen LogP contribution in [0.4, 0.5) is 10.6 Å². The molecule has 2 atom stereocenters. The largest absolute Gasteiger partial charge is 0.464 e. The third-order valence-electron chi connectivity index (χ3n) is 5.35. The molecule has 0 bridgehead atoms. The van der Waals surface area contributed by atoms with Crippen LogP contribution in [0.15, 0.2) is 6.20 Å². The monoisotopic (exact) mass is 553 g/mol. The number of hydrogen-bond donors (Lipinski definition) is 2. The van der Waals surface area contributed by atoms with Crippen LogP contribution in [-0.4, -0.2) is 68.3 Å². The van der Waals surface area contributed by atoms with Crippen LogP contribution in [0.2, 0.25) is 0 Å². The maximum Gasteiger partial charge on any atom is 0.408 e. The Morgan fingerprint density at radius 2 is 1.77 bits per heavy atom. The molecule has 0 aromatic carbocycles. The van der Waals surface area contributed by atoms with Gasteiger partial charge in [-0.1, -0.05) is 13.3 Å². The Kier molecular flexibility index (Phi) is 13.2. The van der Waals surface area contributed by atoms with Crippen molar-refractivity contribution in [1.82, 2.24) is 20.2 Å². The van der Waals surface area contributed by atoms with E-state index in [2.05, 4.69) is 15.6 Å². The van der Waals surface area contributed by atoms with Gasteiger partial charge < -0.3 is 30.2 Å². The van der Waals surface area contributed by atoms with Crippen LogP contribution in [0.1, 0.15) is 79.0 Å². The predicted octanol–water partition coefficient (Wildman–Crippen LogP) is 2.54. The number of amides is 2. The van der Waals surface area contributed by atoms with Crippen molar-refractivity contribution in [3.63, 3.8) is 0 Å². The lowest BCUT2D eigenvalue weighted by Gasteiger charge is -2.23. The molecule has 0 aliphatic rings. The molecule has 0 fully saturated rings. The molecule has 0 aliphatic carbocycles.